The minimum Gasteiger partial charge on any atom is -0.407 e. The van der Waals surface area contributed by atoms with Gasteiger partial charge < -0.3 is 14.0 Å². The largest absolute Gasteiger partial charge is 0.407 e. The molecule has 31 heavy (non-hydrogen) atoms. The van der Waals surface area contributed by atoms with Crippen LogP contribution in [0.15, 0.2) is 78.5 Å². The molecule has 3 atom stereocenters. The fourth-order valence-corrected chi connectivity index (χ4v) is 9.58. The van der Waals surface area contributed by atoms with Crippen LogP contribution in [0.2, 0.25) is 5.04 Å². The molecule has 2 aliphatic heterocycles. The molecule has 164 valence electrons. The standard InChI is InChI=1S/C26H33NO3Si/c1-5-12-24-25-22(19-28-27-25)23(30-24)17-18-29-31(26(2,3)4,20-13-8-6-9-14-20)21-15-10-7-11-16-21/h5-11,13-16,22-24H,1,12,17-19H2,2-4H3/t22-,23-,24+/m0/s1. The SMILES string of the molecule is C=CC[C@H]1O[C@@H](CCO[Si](c2ccccc2)(c2ccccc2)C(C)(C)C)[C@@H]2CON=C21. The van der Waals surface area contributed by atoms with Crippen molar-refractivity contribution in [3.63, 3.8) is 0 Å². The second-order valence-corrected chi connectivity index (χ2v) is 13.7. The third-order valence-electron chi connectivity index (χ3n) is 6.44. The van der Waals surface area contributed by atoms with Gasteiger partial charge in [0.1, 0.15) is 12.7 Å². The molecular formula is C26H33NO3Si. The van der Waals surface area contributed by atoms with E-state index in [1.165, 1.54) is 10.4 Å². The molecule has 4 nitrogen and oxygen atoms in total. The summed E-state index contributed by atoms with van der Waals surface area (Å²) < 4.78 is 13.4. The van der Waals surface area contributed by atoms with Crippen molar-refractivity contribution >= 4 is 24.4 Å². The van der Waals surface area contributed by atoms with Crippen LogP contribution in [-0.2, 0) is 14.0 Å². The van der Waals surface area contributed by atoms with Gasteiger partial charge in [0.25, 0.3) is 8.32 Å². The van der Waals surface area contributed by atoms with Crippen LogP contribution in [0.3, 0.4) is 0 Å². The van der Waals surface area contributed by atoms with Crippen molar-refractivity contribution in [3.8, 4) is 0 Å². The van der Waals surface area contributed by atoms with Crippen LogP contribution in [0.4, 0.5) is 0 Å². The van der Waals surface area contributed by atoms with E-state index < -0.39 is 8.32 Å². The topological polar surface area (TPSA) is 40.0 Å². The van der Waals surface area contributed by atoms with Crippen molar-refractivity contribution in [2.45, 2.75) is 50.9 Å². The van der Waals surface area contributed by atoms with Crippen LogP contribution >= 0.6 is 0 Å². The van der Waals surface area contributed by atoms with Crippen LogP contribution < -0.4 is 10.4 Å². The summed E-state index contributed by atoms with van der Waals surface area (Å²) in [5.41, 5.74) is 1.04. The minimum atomic E-state index is -2.52. The van der Waals surface area contributed by atoms with E-state index >= 15 is 0 Å². The van der Waals surface area contributed by atoms with Gasteiger partial charge in [0.15, 0.2) is 0 Å². The first kappa shape index (κ1) is 22.0. The number of ether oxygens (including phenoxy) is 1. The number of fused-ring (bicyclic) bond motifs is 1. The van der Waals surface area contributed by atoms with E-state index in [2.05, 4.69) is 93.2 Å². The number of hydrogen-bond acceptors (Lipinski definition) is 4. The Kier molecular flexibility index (Phi) is 6.46. The fraction of sp³-hybridized carbons (Fsp3) is 0.423. The molecule has 0 unspecified atom stereocenters. The van der Waals surface area contributed by atoms with Crippen LogP contribution in [0, 0.1) is 5.92 Å². The van der Waals surface area contributed by atoms with E-state index in [4.69, 9.17) is 14.0 Å². The molecule has 1 fully saturated rings. The molecule has 5 heteroatoms. The van der Waals surface area contributed by atoms with Crippen molar-refractivity contribution in [3.05, 3.63) is 73.3 Å². The Morgan fingerprint density at radius 3 is 2.23 bits per heavy atom. The summed E-state index contributed by atoms with van der Waals surface area (Å²) in [5, 5.41) is 6.83. The highest BCUT2D eigenvalue weighted by atomic mass is 28.4. The Bertz CT molecular complexity index is 868. The van der Waals surface area contributed by atoms with Crippen molar-refractivity contribution in [1.82, 2.24) is 0 Å². The van der Waals surface area contributed by atoms with Crippen molar-refractivity contribution in [2.24, 2.45) is 11.1 Å². The molecule has 0 aromatic heterocycles. The summed E-state index contributed by atoms with van der Waals surface area (Å²) in [6, 6.07) is 21.5. The third kappa shape index (κ3) is 4.14. The van der Waals surface area contributed by atoms with Gasteiger partial charge >= 0.3 is 0 Å². The van der Waals surface area contributed by atoms with Crippen LogP contribution in [0.25, 0.3) is 0 Å². The van der Waals surface area contributed by atoms with E-state index in [1.54, 1.807) is 0 Å². The lowest BCUT2D eigenvalue weighted by atomic mass is 9.96. The molecule has 4 rings (SSSR count). The zero-order valence-electron chi connectivity index (χ0n) is 18.8. The van der Waals surface area contributed by atoms with E-state index in [9.17, 15) is 0 Å². The number of hydrogen-bond donors (Lipinski definition) is 0. The molecule has 2 aromatic rings. The normalized spacial score (nSPS) is 23.2. The number of rotatable bonds is 8. The maximum atomic E-state index is 7.03. The van der Waals surface area contributed by atoms with Crippen LogP contribution in [0.1, 0.15) is 33.6 Å². The van der Waals surface area contributed by atoms with Gasteiger partial charge in [0, 0.05) is 6.61 Å². The summed E-state index contributed by atoms with van der Waals surface area (Å²) in [4.78, 5) is 5.40. The van der Waals surface area contributed by atoms with E-state index in [1.807, 2.05) is 6.08 Å². The van der Waals surface area contributed by atoms with Crippen molar-refractivity contribution < 1.29 is 14.0 Å². The third-order valence-corrected chi connectivity index (χ3v) is 11.5. The summed E-state index contributed by atoms with van der Waals surface area (Å²) in [7, 11) is -2.52. The average Bonchev–Trinajstić information content (AvgIpc) is 3.36. The summed E-state index contributed by atoms with van der Waals surface area (Å²) in [6.07, 6.45) is 3.55. The van der Waals surface area contributed by atoms with Gasteiger partial charge in [-0.05, 0) is 28.3 Å². The van der Waals surface area contributed by atoms with E-state index in [0.29, 0.717) is 13.2 Å². The van der Waals surface area contributed by atoms with E-state index in [0.717, 1.165) is 18.6 Å². The second kappa shape index (κ2) is 9.11. The summed E-state index contributed by atoms with van der Waals surface area (Å²) in [5.74, 6) is 0.229. The highest BCUT2D eigenvalue weighted by Gasteiger charge is 2.51. The maximum Gasteiger partial charge on any atom is 0.261 e. The molecule has 0 radical (unpaired) electrons. The highest BCUT2D eigenvalue weighted by molar-refractivity contribution is 6.99. The predicted molar refractivity (Wildman–Crippen MR) is 129 cm³/mol. The zero-order valence-corrected chi connectivity index (χ0v) is 19.8. The average molecular weight is 436 g/mol. The van der Waals surface area contributed by atoms with Crippen LogP contribution in [-0.4, -0.2) is 39.5 Å². The lowest BCUT2D eigenvalue weighted by molar-refractivity contribution is 0.00429. The number of oxime groups is 1. The quantitative estimate of drug-likeness (QED) is 0.458. The van der Waals surface area contributed by atoms with Gasteiger partial charge in [-0.1, -0.05) is 92.7 Å². The lowest BCUT2D eigenvalue weighted by Crippen LogP contribution is -2.66. The Labute approximate surface area is 187 Å². The molecule has 1 saturated heterocycles. The number of nitrogens with zero attached hydrogens (tertiary/aromatic N) is 1. The maximum absolute atomic E-state index is 7.03. The molecule has 0 aliphatic carbocycles. The van der Waals surface area contributed by atoms with Crippen molar-refractivity contribution in [1.29, 1.82) is 0 Å². The Hall–Kier alpha value is -2.21. The molecule has 0 bridgehead atoms. The smallest absolute Gasteiger partial charge is 0.261 e. The van der Waals surface area contributed by atoms with Gasteiger partial charge in [0.2, 0.25) is 0 Å². The first-order valence-corrected chi connectivity index (χ1v) is 13.1. The Balaban J connectivity index is 1.59. The first-order chi connectivity index (χ1) is 15.0. The summed E-state index contributed by atoms with van der Waals surface area (Å²) in [6.45, 7) is 12.0. The molecule has 0 spiro atoms. The predicted octanol–water partition coefficient (Wildman–Crippen LogP) is 4.30. The summed E-state index contributed by atoms with van der Waals surface area (Å²) >= 11 is 0. The van der Waals surface area contributed by atoms with Gasteiger partial charge in [-0.3, -0.25) is 0 Å². The Morgan fingerprint density at radius 2 is 1.68 bits per heavy atom. The molecular weight excluding hydrogens is 402 g/mol. The second-order valence-electron chi connectivity index (χ2n) is 9.41. The van der Waals surface area contributed by atoms with Gasteiger partial charge in [-0.25, -0.2) is 0 Å². The molecule has 0 saturated carbocycles. The van der Waals surface area contributed by atoms with Gasteiger partial charge in [-0.15, -0.1) is 6.58 Å². The molecule has 0 N–H and O–H groups in total. The minimum absolute atomic E-state index is 0.0112. The zero-order chi connectivity index (χ0) is 21.9. The van der Waals surface area contributed by atoms with Crippen LogP contribution in [0.5, 0.6) is 0 Å². The van der Waals surface area contributed by atoms with E-state index in [-0.39, 0.29) is 23.2 Å². The fourth-order valence-electron chi connectivity index (χ4n) is 5.00. The lowest BCUT2D eigenvalue weighted by Gasteiger charge is -2.43. The number of benzene rings is 2. The highest BCUT2D eigenvalue weighted by Crippen LogP contribution is 2.38. The van der Waals surface area contributed by atoms with Gasteiger partial charge in [-0.2, -0.15) is 0 Å². The Morgan fingerprint density at radius 1 is 1.06 bits per heavy atom. The van der Waals surface area contributed by atoms with Gasteiger partial charge in [0.05, 0.1) is 17.7 Å². The molecule has 2 aliphatic rings. The first-order valence-electron chi connectivity index (χ1n) is 11.2. The molecule has 2 aromatic carbocycles. The molecule has 2 heterocycles. The monoisotopic (exact) mass is 435 g/mol. The molecule has 0 amide bonds. The van der Waals surface area contributed by atoms with Crippen molar-refractivity contribution in [2.75, 3.05) is 13.2 Å².